The molecule has 0 saturated heterocycles. The Kier molecular flexibility index (Phi) is 5.73. The van der Waals surface area contributed by atoms with Crippen LogP contribution in [0.3, 0.4) is 0 Å². The standard InChI is InChI=1S/C10H12N4O5/c1-18-8(15)2-3-9(16)19-5-4-11-10(17)7-6-12-14-13-7/h2-3,6H,4-5H2,1H3,(H,11,17)(H,12,13,14)/b3-2+. The number of ether oxygens (including phenoxy) is 2. The van der Waals surface area contributed by atoms with Gasteiger partial charge in [-0.1, -0.05) is 0 Å². The molecule has 0 aliphatic heterocycles. The molecule has 1 heterocycles. The van der Waals surface area contributed by atoms with Crippen molar-refractivity contribution in [2.75, 3.05) is 20.3 Å². The summed E-state index contributed by atoms with van der Waals surface area (Å²) in [5, 5.41) is 11.8. The number of aromatic nitrogens is 3. The lowest BCUT2D eigenvalue weighted by Crippen LogP contribution is -2.28. The summed E-state index contributed by atoms with van der Waals surface area (Å²) in [5.74, 6) is -1.80. The van der Waals surface area contributed by atoms with Gasteiger partial charge in [-0.2, -0.15) is 15.4 Å². The maximum atomic E-state index is 11.4. The minimum atomic E-state index is -0.707. The summed E-state index contributed by atoms with van der Waals surface area (Å²) in [4.78, 5) is 33.1. The molecular formula is C10H12N4O5. The van der Waals surface area contributed by atoms with Crippen LogP contribution in [0.5, 0.6) is 0 Å². The maximum absolute atomic E-state index is 11.4. The van der Waals surface area contributed by atoms with Crippen LogP contribution in [0.4, 0.5) is 0 Å². The molecule has 19 heavy (non-hydrogen) atoms. The molecule has 9 heteroatoms. The highest BCUT2D eigenvalue weighted by Crippen LogP contribution is 1.88. The normalized spacial score (nSPS) is 10.2. The number of nitrogens with one attached hydrogen (secondary N) is 2. The van der Waals surface area contributed by atoms with Crippen LogP contribution in [-0.4, -0.2) is 53.5 Å². The lowest BCUT2D eigenvalue weighted by atomic mass is 10.4. The monoisotopic (exact) mass is 268 g/mol. The minimum Gasteiger partial charge on any atom is -0.466 e. The highest BCUT2D eigenvalue weighted by atomic mass is 16.5. The number of esters is 2. The summed E-state index contributed by atoms with van der Waals surface area (Å²) < 4.78 is 9.01. The first-order valence-corrected chi connectivity index (χ1v) is 5.20. The van der Waals surface area contributed by atoms with Crippen molar-refractivity contribution in [2.24, 2.45) is 0 Å². The zero-order chi connectivity index (χ0) is 14.1. The van der Waals surface area contributed by atoms with Crippen LogP contribution in [-0.2, 0) is 19.1 Å². The SMILES string of the molecule is COC(=O)/C=C/C(=O)OCCNC(=O)c1cn[nH]n1. The van der Waals surface area contributed by atoms with E-state index in [1.165, 1.54) is 13.3 Å². The lowest BCUT2D eigenvalue weighted by Gasteiger charge is -2.03. The molecule has 2 N–H and O–H groups in total. The molecule has 0 aliphatic carbocycles. The Labute approximate surface area is 108 Å². The predicted octanol–water partition coefficient (Wildman–Crippen LogP) is -1.19. The average molecular weight is 268 g/mol. The fraction of sp³-hybridized carbons (Fsp3) is 0.300. The fourth-order valence-electron chi connectivity index (χ4n) is 0.970. The molecule has 1 aromatic rings. The Morgan fingerprint density at radius 3 is 2.74 bits per heavy atom. The second-order valence-electron chi connectivity index (χ2n) is 3.14. The van der Waals surface area contributed by atoms with Crippen molar-refractivity contribution in [3.63, 3.8) is 0 Å². The Morgan fingerprint density at radius 2 is 2.11 bits per heavy atom. The van der Waals surface area contributed by atoms with E-state index in [1.807, 2.05) is 0 Å². The number of methoxy groups -OCH3 is 1. The summed E-state index contributed by atoms with van der Waals surface area (Å²) in [6.07, 6.45) is 3.14. The van der Waals surface area contributed by atoms with E-state index in [0.717, 1.165) is 12.2 Å². The number of aromatic amines is 1. The number of hydrogen-bond donors (Lipinski definition) is 2. The molecular weight excluding hydrogens is 256 g/mol. The van der Waals surface area contributed by atoms with Gasteiger partial charge in [0.15, 0.2) is 5.69 Å². The second-order valence-corrected chi connectivity index (χ2v) is 3.14. The van der Waals surface area contributed by atoms with Gasteiger partial charge in [0.05, 0.1) is 19.9 Å². The topological polar surface area (TPSA) is 123 Å². The number of hydrogen-bond acceptors (Lipinski definition) is 7. The van der Waals surface area contributed by atoms with E-state index in [9.17, 15) is 14.4 Å². The third kappa shape index (κ3) is 5.44. The predicted molar refractivity (Wildman–Crippen MR) is 60.8 cm³/mol. The molecule has 0 radical (unpaired) electrons. The zero-order valence-electron chi connectivity index (χ0n) is 10.1. The average Bonchev–Trinajstić information content (AvgIpc) is 2.94. The number of carbonyl (C=O) groups excluding carboxylic acids is 3. The summed E-state index contributed by atoms with van der Waals surface area (Å²) in [7, 11) is 1.19. The van der Waals surface area contributed by atoms with Crippen molar-refractivity contribution in [1.82, 2.24) is 20.7 Å². The highest BCUT2D eigenvalue weighted by molar-refractivity contribution is 5.92. The first kappa shape index (κ1) is 14.4. The van der Waals surface area contributed by atoms with Crippen molar-refractivity contribution in [3.8, 4) is 0 Å². The Balaban J connectivity index is 2.17. The second kappa shape index (κ2) is 7.58. The molecule has 102 valence electrons. The molecule has 9 nitrogen and oxygen atoms in total. The van der Waals surface area contributed by atoms with E-state index in [-0.39, 0.29) is 18.8 Å². The van der Waals surface area contributed by atoms with Crippen LogP contribution >= 0.6 is 0 Å². The fourth-order valence-corrected chi connectivity index (χ4v) is 0.970. The van der Waals surface area contributed by atoms with E-state index < -0.39 is 17.8 Å². The quantitative estimate of drug-likeness (QED) is 0.377. The van der Waals surface area contributed by atoms with Gasteiger partial charge in [0.2, 0.25) is 0 Å². The van der Waals surface area contributed by atoms with Gasteiger partial charge < -0.3 is 14.8 Å². The zero-order valence-corrected chi connectivity index (χ0v) is 10.1. The number of H-pyrrole nitrogens is 1. The molecule has 0 unspecified atom stereocenters. The summed E-state index contributed by atoms with van der Waals surface area (Å²) in [6.45, 7) is 0.0808. The van der Waals surface area contributed by atoms with Crippen molar-refractivity contribution >= 4 is 17.8 Å². The molecule has 1 amide bonds. The van der Waals surface area contributed by atoms with Gasteiger partial charge in [-0.15, -0.1) is 0 Å². The largest absolute Gasteiger partial charge is 0.466 e. The van der Waals surface area contributed by atoms with E-state index in [0.29, 0.717) is 0 Å². The molecule has 0 bridgehead atoms. The molecule has 0 aromatic carbocycles. The van der Waals surface area contributed by atoms with Gasteiger partial charge >= 0.3 is 11.9 Å². The third-order valence-electron chi connectivity index (χ3n) is 1.84. The first-order chi connectivity index (χ1) is 9.13. The molecule has 1 rings (SSSR count). The molecule has 0 saturated carbocycles. The van der Waals surface area contributed by atoms with E-state index >= 15 is 0 Å². The van der Waals surface area contributed by atoms with Crippen molar-refractivity contribution in [2.45, 2.75) is 0 Å². The van der Waals surface area contributed by atoms with E-state index in [4.69, 9.17) is 4.74 Å². The molecule has 0 aliphatic rings. The summed E-state index contributed by atoms with van der Waals surface area (Å²) in [6, 6.07) is 0. The van der Waals surface area contributed by atoms with Crippen LogP contribution in [0, 0.1) is 0 Å². The number of carbonyl (C=O) groups is 3. The number of nitrogens with zero attached hydrogens (tertiary/aromatic N) is 2. The van der Waals surface area contributed by atoms with Crippen molar-refractivity contribution in [3.05, 3.63) is 24.0 Å². The summed E-state index contributed by atoms with van der Waals surface area (Å²) in [5.41, 5.74) is 0.136. The van der Waals surface area contributed by atoms with Crippen molar-refractivity contribution in [1.29, 1.82) is 0 Å². The van der Waals surface area contributed by atoms with Crippen LogP contribution in [0.1, 0.15) is 10.5 Å². The third-order valence-corrected chi connectivity index (χ3v) is 1.84. The van der Waals surface area contributed by atoms with Crippen LogP contribution in [0.25, 0.3) is 0 Å². The Hall–Kier alpha value is -2.71. The minimum absolute atomic E-state index is 0.0338. The Morgan fingerprint density at radius 1 is 1.37 bits per heavy atom. The Bertz CT molecular complexity index is 468. The number of rotatable bonds is 6. The van der Waals surface area contributed by atoms with Gasteiger partial charge in [-0.05, 0) is 0 Å². The molecule has 1 aromatic heterocycles. The first-order valence-electron chi connectivity index (χ1n) is 5.20. The van der Waals surface area contributed by atoms with Crippen LogP contribution < -0.4 is 5.32 Å². The summed E-state index contributed by atoms with van der Waals surface area (Å²) >= 11 is 0. The molecule has 0 fully saturated rings. The molecule has 0 spiro atoms. The van der Waals surface area contributed by atoms with Crippen LogP contribution in [0.15, 0.2) is 18.3 Å². The van der Waals surface area contributed by atoms with E-state index in [2.05, 4.69) is 25.5 Å². The van der Waals surface area contributed by atoms with Crippen LogP contribution in [0.2, 0.25) is 0 Å². The number of amides is 1. The van der Waals surface area contributed by atoms with Gasteiger partial charge in [0, 0.05) is 12.2 Å². The van der Waals surface area contributed by atoms with Crippen molar-refractivity contribution < 1.29 is 23.9 Å². The smallest absolute Gasteiger partial charge is 0.331 e. The lowest BCUT2D eigenvalue weighted by molar-refractivity contribution is -0.139. The van der Waals surface area contributed by atoms with Gasteiger partial charge in [-0.3, -0.25) is 4.79 Å². The van der Waals surface area contributed by atoms with Gasteiger partial charge in [-0.25, -0.2) is 9.59 Å². The maximum Gasteiger partial charge on any atom is 0.331 e. The van der Waals surface area contributed by atoms with Gasteiger partial charge in [0.1, 0.15) is 6.61 Å². The highest BCUT2D eigenvalue weighted by Gasteiger charge is 2.07. The molecule has 0 atom stereocenters. The van der Waals surface area contributed by atoms with E-state index in [1.54, 1.807) is 0 Å². The van der Waals surface area contributed by atoms with Gasteiger partial charge in [0.25, 0.3) is 5.91 Å².